The summed E-state index contributed by atoms with van der Waals surface area (Å²) in [7, 11) is 0. The second-order valence-corrected chi connectivity index (χ2v) is 7.41. The second kappa shape index (κ2) is 5.11. The number of benzene rings is 1. The Balaban J connectivity index is 1.68. The van der Waals surface area contributed by atoms with Crippen LogP contribution < -0.4 is 0 Å². The average molecular weight is 301 g/mol. The van der Waals surface area contributed by atoms with Gasteiger partial charge < -0.3 is 9.64 Å². The number of amides is 1. The van der Waals surface area contributed by atoms with Gasteiger partial charge in [0.25, 0.3) is 0 Å². The zero-order valence-corrected chi connectivity index (χ0v) is 13.5. The zero-order chi connectivity index (χ0) is 16.0. The number of piperidine rings is 1. The topological polar surface area (TPSA) is 46.6 Å². The Bertz CT molecular complexity index is 607. The first-order valence-corrected chi connectivity index (χ1v) is 7.91. The van der Waals surface area contributed by atoms with Crippen molar-refractivity contribution in [2.24, 2.45) is 5.41 Å². The zero-order valence-electron chi connectivity index (χ0n) is 13.5. The highest BCUT2D eigenvalue weighted by atomic mass is 16.6. The van der Waals surface area contributed by atoms with Crippen molar-refractivity contribution in [1.82, 2.24) is 4.90 Å². The lowest BCUT2D eigenvalue weighted by Gasteiger charge is -2.38. The van der Waals surface area contributed by atoms with Crippen LogP contribution in [0.2, 0.25) is 0 Å². The van der Waals surface area contributed by atoms with E-state index in [1.165, 1.54) is 0 Å². The molecule has 0 unspecified atom stereocenters. The number of nitrogens with zero attached hydrogens (tertiary/aromatic N) is 1. The summed E-state index contributed by atoms with van der Waals surface area (Å²) in [6.07, 6.45) is 1.98. The van der Waals surface area contributed by atoms with Gasteiger partial charge in [-0.25, -0.2) is 4.79 Å². The lowest BCUT2D eigenvalue weighted by Crippen LogP contribution is -2.47. The number of ketones is 1. The van der Waals surface area contributed by atoms with Gasteiger partial charge in [-0.15, -0.1) is 0 Å². The smallest absolute Gasteiger partial charge is 0.410 e. The van der Waals surface area contributed by atoms with Crippen LogP contribution >= 0.6 is 0 Å². The molecule has 0 saturated carbocycles. The minimum absolute atomic E-state index is 0.256. The van der Waals surface area contributed by atoms with Gasteiger partial charge in [-0.2, -0.15) is 0 Å². The molecule has 1 aliphatic heterocycles. The number of hydrogen-bond acceptors (Lipinski definition) is 3. The van der Waals surface area contributed by atoms with Crippen molar-refractivity contribution in [3.8, 4) is 0 Å². The van der Waals surface area contributed by atoms with Gasteiger partial charge in [0.2, 0.25) is 0 Å². The first-order valence-electron chi connectivity index (χ1n) is 7.91. The van der Waals surface area contributed by atoms with Crippen LogP contribution in [0.1, 0.15) is 49.5 Å². The lowest BCUT2D eigenvalue weighted by atomic mass is 9.75. The van der Waals surface area contributed by atoms with Crippen molar-refractivity contribution in [1.29, 1.82) is 0 Å². The van der Waals surface area contributed by atoms with Crippen LogP contribution in [0.15, 0.2) is 24.3 Å². The maximum atomic E-state index is 12.7. The summed E-state index contributed by atoms with van der Waals surface area (Å²) in [5, 5.41) is 0. The van der Waals surface area contributed by atoms with Crippen molar-refractivity contribution in [3.63, 3.8) is 0 Å². The monoisotopic (exact) mass is 301 g/mol. The summed E-state index contributed by atoms with van der Waals surface area (Å²) in [5.41, 5.74) is 1.24. The third kappa shape index (κ3) is 2.62. The Kier molecular flexibility index (Phi) is 3.50. The second-order valence-electron chi connectivity index (χ2n) is 7.41. The third-order valence-electron chi connectivity index (χ3n) is 4.64. The SMILES string of the molecule is CC(C)(C)OC(=O)N1CCC2(CC1)Cc1ccccc1C2=O. The molecule has 1 amide bonds. The van der Waals surface area contributed by atoms with Gasteiger partial charge in [0.15, 0.2) is 5.78 Å². The Hall–Kier alpha value is -1.84. The molecule has 1 aromatic carbocycles. The van der Waals surface area contributed by atoms with E-state index in [9.17, 15) is 9.59 Å². The standard InChI is InChI=1S/C18H23NO3/c1-17(2,3)22-16(21)19-10-8-18(9-11-19)12-13-6-4-5-7-14(13)15(18)20/h4-7H,8-12H2,1-3H3. The van der Waals surface area contributed by atoms with Crippen LogP contribution in [0.3, 0.4) is 0 Å². The molecule has 2 aliphatic rings. The Morgan fingerprint density at radius 1 is 1.18 bits per heavy atom. The predicted octanol–water partition coefficient (Wildman–Crippen LogP) is 3.44. The van der Waals surface area contributed by atoms with E-state index >= 15 is 0 Å². The molecule has 1 heterocycles. The van der Waals surface area contributed by atoms with Gasteiger partial charge in [-0.3, -0.25) is 4.79 Å². The molecule has 0 bridgehead atoms. The van der Waals surface area contributed by atoms with Gasteiger partial charge in [-0.1, -0.05) is 24.3 Å². The van der Waals surface area contributed by atoms with E-state index in [1.807, 2.05) is 45.0 Å². The number of likely N-dealkylation sites (tertiary alicyclic amines) is 1. The van der Waals surface area contributed by atoms with E-state index in [-0.39, 0.29) is 17.3 Å². The number of fused-ring (bicyclic) bond motifs is 1. The average Bonchev–Trinajstić information content (AvgIpc) is 2.71. The minimum Gasteiger partial charge on any atom is -0.444 e. The number of Topliss-reactive ketones (excluding diaryl/α,β-unsaturated/α-hetero) is 1. The van der Waals surface area contributed by atoms with Crippen molar-refractivity contribution in [2.75, 3.05) is 13.1 Å². The molecule has 4 nitrogen and oxygen atoms in total. The molecule has 1 aromatic rings. The summed E-state index contributed by atoms with van der Waals surface area (Å²) < 4.78 is 5.42. The number of ether oxygens (including phenoxy) is 1. The highest BCUT2D eigenvalue weighted by Crippen LogP contribution is 2.44. The normalized spacial score (nSPS) is 20.1. The van der Waals surface area contributed by atoms with E-state index in [4.69, 9.17) is 4.74 Å². The quantitative estimate of drug-likeness (QED) is 0.737. The number of rotatable bonds is 0. The number of hydrogen-bond donors (Lipinski definition) is 0. The molecule has 1 fully saturated rings. The van der Waals surface area contributed by atoms with E-state index in [2.05, 4.69) is 0 Å². The summed E-state index contributed by atoms with van der Waals surface area (Å²) in [6.45, 7) is 6.79. The highest BCUT2D eigenvalue weighted by molar-refractivity contribution is 6.05. The van der Waals surface area contributed by atoms with E-state index in [1.54, 1.807) is 4.90 Å². The van der Waals surface area contributed by atoms with E-state index < -0.39 is 5.60 Å². The van der Waals surface area contributed by atoms with Crippen LogP contribution in [0.5, 0.6) is 0 Å². The molecular formula is C18H23NO3. The molecular weight excluding hydrogens is 278 g/mol. The fraction of sp³-hybridized carbons (Fsp3) is 0.556. The molecule has 1 saturated heterocycles. The van der Waals surface area contributed by atoms with Crippen molar-refractivity contribution in [2.45, 2.75) is 45.6 Å². The minimum atomic E-state index is -0.481. The van der Waals surface area contributed by atoms with Crippen LogP contribution in [0.25, 0.3) is 0 Å². The Morgan fingerprint density at radius 2 is 1.82 bits per heavy atom. The maximum absolute atomic E-state index is 12.7. The largest absolute Gasteiger partial charge is 0.444 e. The highest BCUT2D eigenvalue weighted by Gasteiger charge is 2.47. The molecule has 0 aromatic heterocycles. The Morgan fingerprint density at radius 3 is 2.41 bits per heavy atom. The molecule has 22 heavy (non-hydrogen) atoms. The molecule has 0 N–H and O–H groups in total. The van der Waals surface area contributed by atoms with Gasteiger partial charge in [-0.05, 0) is 45.6 Å². The van der Waals surface area contributed by atoms with Crippen molar-refractivity contribution < 1.29 is 14.3 Å². The molecule has 0 radical (unpaired) electrons. The molecule has 1 aliphatic carbocycles. The summed E-state index contributed by atoms with van der Waals surface area (Å²) >= 11 is 0. The molecule has 0 atom stereocenters. The Labute approximate surface area is 131 Å². The van der Waals surface area contributed by atoms with Crippen LogP contribution in [-0.4, -0.2) is 35.5 Å². The van der Waals surface area contributed by atoms with E-state index in [0.717, 1.165) is 30.4 Å². The van der Waals surface area contributed by atoms with Gasteiger partial charge in [0.05, 0.1) is 0 Å². The predicted molar refractivity (Wildman–Crippen MR) is 84.0 cm³/mol. The van der Waals surface area contributed by atoms with E-state index in [0.29, 0.717) is 13.1 Å². The molecule has 118 valence electrons. The van der Waals surface area contributed by atoms with Crippen molar-refractivity contribution >= 4 is 11.9 Å². The first-order chi connectivity index (χ1) is 10.3. The van der Waals surface area contributed by atoms with Gasteiger partial charge in [0.1, 0.15) is 5.60 Å². The summed E-state index contributed by atoms with van der Waals surface area (Å²) in [5.74, 6) is 0.256. The lowest BCUT2D eigenvalue weighted by molar-refractivity contribution is 0.0114. The maximum Gasteiger partial charge on any atom is 0.410 e. The van der Waals surface area contributed by atoms with Crippen molar-refractivity contribution in [3.05, 3.63) is 35.4 Å². The fourth-order valence-corrected chi connectivity index (χ4v) is 3.47. The van der Waals surface area contributed by atoms with Crippen LogP contribution in [-0.2, 0) is 11.2 Å². The fourth-order valence-electron chi connectivity index (χ4n) is 3.47. The van der Waals surface area contributed by atoms with Crippen LogP contribution in [0, 0.1) is 5.41 Å². The van der Waals surface area contributed by atoms with Gasteiger partial charge >= 0.3 is 6.09 Å². The summed E-state index contributed by atoms with van der Waals surface area (Å²) in [4.78, 5) is 26.6. The molecule has 3 rings (SSSR count). The number of carbonyl (C=O) groups is 2. The molecule has 1 spiro atoms. The third-order valence-corrected chi connectivity index (χ3v) is 4.64. The number of carbonyl (C=O) groups excluding carboxylic acids is 2. The van der Waals surface area contributed by atoms with Crippen LogP contribution in [0.4, 0.5) is 4.79 Å². The molecule has 4 heteroatoms. The summed E-state index contributed by atoms with van der Waals surface area (Å²) in [6, 6.07) is 7.88. The van der Waals surface area contributed by atoms with Gasteiger partial charge in [0, 0.05) is 24.1 Å². The first kappa shape index (κ1) is 15.1.